The highest BCUT2D eigenvalue weighted by Gasteiger charge is 2.31. The van der Waals surface area contributed by atoms with Crippen molar-refractivity contribution >= 4 is 27.6 Å². The van der Waals surface area contributed by atoms with Gasteiger partial charge in [-0.2, -0.15) is 13.2 Å². The minimum atomic E-state index is -4.43. The van der Waals surface area contributed by atoms with E-state index in [1.807, 2.05) is 0 Å². The van der Waals surface area contributed by atoms with Crippen LogP contribution in [-0.2, 0) is 6.18 Å². The Morgan fingerprint density at radius 3 is 2.53 bits per heavy atom. The fraction of sp³-hybridized carbons (Fsp3) is 0.0769. The van der Waals surface area contributed by atoms with Crippen LogP contribution in [0.2, 0.25) is 0 Å². The zero-order valence-corrected chi connectivity index (χ0v) is 9.57. The summed E-state index contributed by atoms with van der Waals surface area (Å²) in [6, 6.07) is 7.95. The fourth-order valence-corrected chi connectivity index (χ4v) is 2.01. The van der Waals surface area contributed by atoms with E-state index in [9.17, 15) is 13.2 Å². The molecular formula is C13H8F3N3. The van der Waals surface area contributed by atoms with Crippen LogP contribution in [0.3, 0.4) is 0 Å². The smallest absolute Gasteiger partial charge is 0.382 e. The number of alkyl halides is 3. The Morgan fingerprint density at radius 1 is 1.05 bits per heavy atom. The first kappa shape index (κ1) is 11.7. The molecule has 2 N–H and O–H groups in total. The van der Waals surface area contributed by atoms with Crippen molar-refractivity contribution in [1.82, 2.24) is 9.97 Å². The van der Waals surface area contributed by atoms with Gasteiger partial charge in [0.1, 0.15) is 5.52 Å². The summed E-state index contributed by atoms with van der Waals surface area (Å²) in [5.74, 6) is 0.127. The lowest BCUT2D eigenvalue weighted by molar-refractivity contribution is -0.137. The molecule has 0 fully saturated rings. The van der Waals surface area contributed by atoms with Crippen LogP contribution in [0.15, 0.2) is 36.5 Å². The van der Waals surface area contributed by atoms with E-state index in [4.69, 9.17) is 5.73 Å². The van der Waals surface area contributed by atoms with Crippen molar-refractivity contribution in [2.24, 2.45) is 0 Å². The first-order valence-corrected chi connectivity index (χ1v) is 5.48. The Morgan fingerprint density at radius 2 is 1.79 bits per heavy atom. The van der Waals surface area contributed by atoms with Gasteiger partial charge in [0, 0.05) is 17.0 Å². The largest absolute Gasteiger partial charge is 0.417 e. The second-order valence-electron chi connectivity index (χ2n) is 4.13. The topological polar surface area (TPSA) is 51.8 Å². The van der Waals surface area contributed by atoms with Crippen LogP contribution in [0.25, 0.3) is 21.8 Å². The van der Waals surface area contributed by atoms with E-state index < -0.39 is 11.7 Å². The number of fused-ring (bicyclic) bond motifs is 3. The van der Waals surface area contributed by atoms with Gasteiger partial charge >= 0.3 is 6.18 Å². The molecule has 3 aromatic rings. The van der Waals surface area contributed by atoms with Gasteiger partial charge in [-0.1, -0.05) is 18.2 Å². The molecule has 0 saturated heterocycles. The van der Waals surface area contributed by atoms with Crippen LogP contribution in [0, 0.1) is 0 Å². The molecule has 2 aromatic heterocycles. The van der Waals surface area contributed by atoms with Gasteiger partial charge in [0.25, 0.3) is 0 Å². The minimum Gasteiger partial charge on any atom is -0.382 e. The third-order valence-corrected chi connectivity index (χ3v) is 2.89. The molecule has 6 heteroatoms. The zero-order valence-electron chi connectivity index (χ0n) is 9.57. The van der Waals surface area contributed by atoms with E-state index in [1.165, 1.54) is 0 Å². The molecule has 0 aliphatic rings. The maximum Gasteiger partial charge on any atom is 0.417 e. The van der Waals surface area contributed by atoms with Crippen molar-refractivity contribution in [3.63, 3.8) is 0 Å². The molecule has 0 atom stereocenters. The summed E-state index contributed by atoms with van der Waals surface area (Å²) in [5.41, 5.74) is 5.76. The molecule has 19 heavy (non-hydrogen) atoms. The maximum atomic E-state index is 12.7. The van der Waals surface area contributed by atoms with Crippen LogP contribution in [-0.4, -0.2) is 9.97 Å². The monoisotopic (exact) mass is 263 g/mol. The molecule has 0 spiro atoms. The average Bonchev–Trinajstić information content (AvgIpc) is 2.37. The van der Waals surface area contributed by atoms with Gasteiger partial charge in [-0.3, -0.25) is 4.98 Å². The molecule has 0 saturated carbocycles. The predicted octanol–water partition coefficient (Wildman–Crippen LogP) is 3.38. The first-order valence-electron chi connectivity index (χ1n) is 5.48. The summed E-state index contributed by atoms with van der Waals surface area (Å²) in [6.07, 6.45) is -3.66. The Bertz CT molecular complexity index is 781. The van der Waals surface area contributed by atoms with E-state index >= 15 is 0 Å². The fourth-order valence-electron chi connectivity index (χ4n) is 2.01. The van der Waals surface area contributed by atoms with E-state index in [-0.39, 0.29) is 11.3 Å². The van der Waals surface area contributed by atoms with Gasteiger partial charge in [-0.05, 0) is 12.1 Å². The number of hydrogen-bond acceptors (Lipinski definition) is 3. The number of para-hydroxylation sites is 1. The Balaban J connectivity index is 2.46. The predicted molar refractivity (Wildman–Crippen MR) is 66.5 cm³/mol. The van der Waals surface area contributed by atoms with Gasteiger partial charge in [-0.15, -0.1) is 0 Å². The standard InChI is InChI=1S/C13H8F3N3/c14-13(15,16)7-5-9-8-3-1-2-4-10(8)19-12(17)11(9)18-6-7/h1-6H,(H2,17,19). The van der Waals surface area contributed by atoms with Gasteiger partial charge in [0.2, 0.25) is 0 Å². The molecule has 0 unspecified atom stereocenters. The molecule has 0 aliphatic heterocycles. The molecule has 0 aliphatic carbocycles. The van der Waals surface area contributed by atoms with E-state index in [0.29, 0.717) is 16.3 Å². The van der Waals surface area contributed by atoms with Crippen LogP contribution < -0.4 is 5.73 Å². The summed E-state index contributed by atoms with van der Waals surface area (Å²) >= 11 is 0. The highest BCUT2D eigenvalue weighted by molar-refractivity contribution is 6.08. The van der Waals surface area contributed by atoms with Crippen LogP contribution in [0.4, 0.5) is 19.0 Å². The summed E-state index contributed by atoms with van der Waals surface area (Å²) in [7, 11) is 0. The van der Waals surface area contributed by atoms with Crippen molar-refractivity contribution in [3.8, 4) is 0 Å². The molecule has 3 nitrogen and oxygen atoms in total. The number of halogens is 3. The van der Waals surface area contributed by atoms with Gasteiger partial charge in [0.05, 0.1) is 11.1 Å². The maximum absolute atomic E-state index is 12.7. The van der Waals surface area contributed by atoms with Crippen molar-refractivity contribution in [2.45, 2.75) is 6.18 Å². The normalized spacial score (nSPS) is 12.2. The number of hydrogen-bond donors (Lipinski definition) is 1. The number of benzene rings is 1. The minimum absolute atomic E-state index is 0.127. The molecule has 1 aromatic carbocycles. The van der Waals surface area contributed by atoms with Gasteiger partial charge in [0.15, 0.2) is 5.82 Å². The van der Waals surface area contributed by atoms with Crippen LogP contribution in [0.5, 0.6) is 0 Å². The molecule has 2 heterocycles. The number of rotatable bonds is 0. The molecule has 0 bridgehead atoms. The lowest BCUT2D eigenvalue weighted by Crippen LogP contribution is -2.06. The van der Waals surface area contributed by atoms with E-state index in [0.717, 1.165) is 12.3 Å². The number of aromatic nitrogens is 2. The second-order valence-corrected chi connectivity index (χ2v) is 4.13. The Labute approximate surface area is 105 Å². The lowest BCUT2D eigenvalue weighted by atomic mass is 10.1. The van der Waals surface area contributed by atoms with Crippen LogP contribution in [0.1, 0.15) is 5.56 Å². The number of anilines is 1. The van der Waals surface area contributed by atoms with Crippen molar-refractivity contribution in [2.75, 3.05) is 5.73 Å². The molecule has 0 amide bonds. The number of nitrogen functional groups attached to an aromatic ring is 1. The van der Waals surface area contributed by atoms with Gasteiger partial charge < -0.3 is 5.73 Å². The highest BCUT2D eigenvalue weighted by atomic mass is 19.4. The van der Waals surface area contributed by atoms with Crippen molar-refractivity contribution < 1.29 is 13.2 Å². The summed E-state index contributed by atoms with van der Waals surface area (Å²) in [6.45, 7) is 0. The third-order valence-electron chi connectivity index (χ3n) is 2.89. The van der Waals surface area contributed by atoms with Crippen molar-refractivity contribution in [3.05, 3.63) is 42.1 Å². The number of nitrogens with two attached hydrogens (primary N) is 1. The zero-order chi connectivity index (χ0) is 13.6. The van der Waals surface area contributed by atoms with E-state index in [1.54, 1.807) is 24.3 Å². The summed E-state index contributed by atoms with van der Waals surface area (Å²) in [5, 5.41) is 0.961. The van der Waals surface area contributed by atoms with Crippen LogP contribution >= 0.6 is 0 Å². The van der Waals surface area contributed by atoms with E-state index in [2.05, 4.69) is 9.97 Å². The average molecular weight is 263 g/mol. The van der Waals surface area contributed by atoms with Crippen molar-refractivity contribution in [1.29, 1.82) is 0 Å². The Kier molecular flexibility index (Phi) is 2.35. The molecule has 96 valence electrons. The number of nitrogens with zero attached hydrogens (tertiary/aromatic N) is 2. The Hall–Kier alpha value is -2.37. The second kappa shape index (κ2) is 3.81. The highest BCUT2D eigenvalue weighted by Crippen LogP contribution is 2.33. The molecule has 3 rings (SSSR count). The first-order chi connectivity index (χ1) is 8.97. The van der Waals surface area contributed by atoms with Gasteiger partial charge in [-0.25, -0.2) is 4.98 Å². The molecular weight excluding hydrogens is 255 g/mol. The third kappa shape index (κ3) is 1.85. The summed E-state index contributed by atoms with van der Waals surface area (Å²) < 4.78 is 38.2. The lowest BCUT2D eigenvalue weighted by Gasteiger charge is -2.09. The summed E-state index contributed by atoms with van der Waals surface area (Å²) in [4.78, 5) is 7.92. The SMILES string of the molecule is Nc1nc2ccccc2c2cc(C(F)(F)F)cnc12. The molecule has 0 radical (unpaired) electrons. The number of pyridine rings is 2. The quantitative estimate of drug-likeness (QED) is 0.632.